The van der Waals surface area contributed by atoms with Crippen LogP contribution in [0.1, 0.15) is 17.5 Å². The fourth-order valence-electron chi connectivity index (χ4n) is 3.86. The number of nitrogens with one attached hydrogen (secondary N) is 1. The highest BCUT2D eigenvalue weighted by molar-refractivity contribution is 5.86. The molecule has 0 unspecified atom stereocenters. The third-order valence-electron chi connectivity index (χ3n) is 5.62. The third-order valence-corrected chi connectivity index (χ3v) is 5.62. The summed E-state index contributed by atoms with van der Waals surface area (Å²) in [4.78, 5) is 32.6. The molecule has 0 saturated heterocycles. The molecule has 0 fully saturated rings. The quantitative estimate of drug-likeness (QED) is 0.405. The maximum Gasteiger partial charge on any atom is 0.249 e. The molecular formula is C26H33N3O4. The van der Waals surface area contributed by atoms with Gasteiger partial charge in [-0.1, -0.05) is 48.5 Å². The van der Waals surface area contributed by atoms with Crippen LogP contribution >= 0.6 is 0 Å². The van der Waals surface area contributed by atoms with Crippen LogP contribution in [-0.4, -0.2) is 73.7 Å². The lowest BCUT2D eigenvalue weighted by Gasteiger charge is -2.28. The number of hydrogen-bond donors (Lipinski definition) is 1. The van der Waals surface area contributed by atoms with Crippen molar-refractivity contribution in [3.8, 4) is 0 Å². The van der Waals surface area contributed by atoms with Crippen LogP contribution < -0.4 is 0 Å². The van der Waals surface area contributed by atoms with E-state index in [0.717, 1.165) is 17.5 Å². The van der Waals surface area contributed by atoms with Gasteiger partial charge >= 0.3 is 0 Å². The molecule has 0 aliphatic heterocycles. The van der Waals surface area contributed by atoms with Gasteiger partial charge in [0.25, 0.3) is 0 Å². The third kappa shape index (κ3) is 7.17. The lowest BCUT2D eigenvalue weighted by Crippen LogP contribution is -2.45. The van der Waals surface area contributed by atoms with E-state index in [4.69, 9.17) is 9.47 Å². The summed E-state index contributed by atoms with van der Waals surface area (Å²) in [6.45, 7) is 2.00. The molecule has 33 heavy (non-hydrogen) atoms. The van der Waals surface area contributed by atoms with Crippen molar-refractivity contribution >= 4 is 22.7 Å². The second kappa shape index (κ2) is 12.8. The molecular weight excluding hydrogens is 418 g/mol. The van der Waals surface area contributed by atoms with E-state index in [0.29, 0.717) is 32.7 Å². The number of benzene rings is 2. The Bertz CT molecular complexity index is 1020. The van der Waals surface area contributed by atoms with Gasteiger partial charge in [-0.15, -0.1) is 0 Å². The molecule has 0 atom stereocenters. The number of carbonyl (C=O) groups excluding carboxylic acids is 2. The number of ether oxygens (including phenoxy) is 2. The lowest BCUT2D eigenvalue weighted by molar-refractivity contribution is -0.143. The maximum atomic E-state index is 13.4. The molecule has 1 heterocycles. The van der Waals surface area contributed by atoms with E-state index in [1.54, 1.807) is 12.0 Å². The van der Waals surface area contributed by atoms with Crippen LogP contribution in [0, 0.1) is 0 Å². The van der Waals surface area contributed by atoms with Gasteiger partial charge in [0, 0.05) is 57.6 Å². The molecule has 0 radical (unpaired) electrons. The number of methoxy groups -OCH3 is 2. The Hall–Kier alpha value is -3.16. The molecule has 2 aromatic carbocycles. The minimum Gasteiger partial charge on any atom is -0.385 e. The van der Waals surface area contributed by atoms with Gasteiger partial charge in [0.1, 0.15) is 6.61 Å². The van der Waals surface area contributed by atoms with E-state index in [1.807, 2.05) is 59.6 Å². The molecule has 7 nitrogen and oxygen atoms in total. The normalized spacial score (nSPS) is 11.0. The zero-order valence-electron chi connectivity index (χ0n) is 19.5. The topological polar surface area (TPSA) is 74.9 Å². The molecule has 2 amide bonds. The Balaban J connectivity index is 1.73. The van der Waals surface area contributed by atoms with Crippen molar-refractivity contribution in [3.63, 3.8) is 0 Å². The van der Waals surface area contributed by atoms with Gasteiger partial charge in [-0.2, -0.15) is 0 Å². The Kier molecular flexibility index (Phi) is 9.47. The summed E-state index contributed by atoms with van der Waals surface area (Å²) < 4.78 is 10.1. The lowest BCUT2D eigenvalue weighted by atomic mass is 10.1. The second-order valence-electron chi connectivity index (χ2n) is 8.01. The van der Waals surface area contributed by atoms with Crippen LogP contribution in [-0.2, 0) is 32.0 Å². The number of aromatic nitrogens is 1. The summed E-state index contributed by atoms with van der Waals surface area (Å²) in [6.07, 6.45) is 3.39. The van der Waals surface area contributed by atoms with Gasteiger partial charge in [0.2, 0.25) is 11.8 Å². The Morgan fingerprint density at radius 1 is 0.879 bits per heavy atom. The summed E-state index contributed by atoms with van der Waals surface area (Å²) in [5.74, 6) is -0.279. The largest absolute Gasteiger partial charge is 0.385 e. The molecule has 0 bridgehead atoms. The molecule has 1 aromatic heterocycles. The first-order valence-corrected chi connectivity index (χ1v) is 11.2. The van der Waals surface area contributed by atoms with E-state index in [9.17, 15) is 9.59 Å². The standard InChI is InChI=1S/C26H33N3O4/c1-32-16-8-14-28(26(31)20-33-2)19-25(30)29(18-21-9-4-3-5-10-21)15-13-22-17-27-24-12-7-6-11-23(22)24/h3-7,9-12,17,27H,8,13-16,18-20H2,1-2H3. The number of H-pyrrole nitrogens is 1. The molecule has 0 aliphatic rings. The van der Waals surface area contributed by atoms with Crippen molar-refractivity contribution in [2.24, 2.45) is 0 Å². The molecule has 0 aliphatic carbocycles. The van der Waals surface area contributed by atoms with Crippen molar-refractivity contribution in [1.29, 1.82) is 0 Å². The predicted molar refractivity (Wildman–Crippen MR) is 129 cm³/mol. The number of aromatic amines is 1. The summed E-state index contributed by atoms with van der Waals surface area (Å²) >= 11 is 0. The summed E-state index contributed by atoms with van der Waals surface area (Å²) in [6, 6.07) is 18.1. The molecule has 0 saturated carbocycles. The van der Waals surface area contributed by atoms with Crippen LogP contribution in [0.15, 0.2) is 60.8 Å². The first-order chi connectivity index (χ1) is 16.1. The van der Waals surface area contributed by atoms with Gasteiger partial charge in [0.15, 0.2) is 0 Å². The predicted octanol–water partition coefficient (Wildman–Crippen LogP) is 3.25. The fourth-order valence-corrected chi connectivity index (χ4v) is 3.86. The first kappa shape index (κ1) is 24.5. The highest BCUT2D eigenvalue weighted by atomic mass is 16.5. The van der Waals surface area contributed by atoms with Crippen molar-refractivity contribution in [1.82, 2.24) is 14.8 Å². The van der Waals surface area contributed by atoms with Gasteiger partial charge in [-0.3, -0.25) is 9.59 Å². The number of rotatable bonds is 13. The van der Waals surface area contributed by atoms with Gasteiger partial charge in [-0.05, 0) is 30.0 Å². The van der Waals surface area contributed by atoms with Gasteiger partial charge < -0.3 is 24.3 Å². The number of para-hydroxylation sites is 1. The number of nitrogens with zero attached hydrogens (tertiary/aromatic N) is 2. The summed E-state index contributed by atoms with van der Waals surface area (Å²) in [7, 11) is 3.11. The number of carbonyl (C=O) groups is 2. The van der Waals surface area contributed by atoms with E-state index >= 15 is 0 Å². The average Bonchev–Trinajstić information content (AvgIpc) is 3.25. The number of amides is 2. The number of fused-ring (bicyclic) bond motifs is 1. The summed E-state index contributed by atoms with van der Waals surface area (Å²) in [5.41, 5.74) is 3.31. The van der Waals surface area contributed by atoms with Crippen LogP contribution in [0.2, 0.25) is 0 Å². The molecule has 176 valence electrons. The van der Waals surface area contributed by atoms with Gasteiger partial charge in [-0.25, -0.2) is 0 Å². The second-order valence-corrected chi connectivity index (χ2v) is 8.01. The Labute approximate surface area is 195 Å². The fraction of sp³-hybridized carbons (Fsp3) is 0.385. The van der Waals surface area contributed by atoms with Crippen molar-refractivity contribution in [3.05, 3.63) is 71.9 Å². The van der Waals surface area contributed by atoms with Crippen LogP contribution in [0.5, 0.6) is 0 Å². The minimum atomic E-state index is -0.196. The average molecular weight is 452 g/mol. The highest BCUT2D eigenvalue weighted by Crippen LogP contribution is 2.19. The van der Waals surface area contributed by atoms with Crippen LogP contribution in [0.25, 0.3) is 10.9 Å². The van der Waals surface area contributed by atoms with E-state index in [1.165, 1.54) is 18.1 Å². The molecule has 7 heteroatoms. The SMILES string of the molecule is COCCCN(CC(=O)N(CCc1c[nH]c2ccccc12)Cc1ccccc1)C(=O)COC. The number of hydrogen-bond acceptors (Lipinski definition) is 4. The molecule has 1 N–H and O–H groups in total. The first-order valence-electron chi connectivity index (χ1n) is 11.2. The molecule has 0 spiro atoms. The van der Waals surface area contributed by atoms with Crippen LogP contribution in [0.4, 0.5) is 0 Å². The zero-order chi connectivity index (χ0) is 23.5. The minimum absolute atomic E-state index is 0.0205. The monoisotopic (exact) mass is 451 g/mol. The Morgan fingerprint density at radius 3 is 2.39 bits per heavy atom. The summed E-state index contributed by atoms with van der Waals surface area (Å²) in [5, 5.41) is 1.17. The van der Waals surface area contributed by atoms with Crippen molar-refractivity contribution in [2.75, 3.05) is 47.1 Å². The van der Waals surface area contributed by atoms with E-state index in [2.05, 4.69) is 11.1 Å². The van der Waals surface area contributed by atoms with E-state index in [-0.39, 0.29) is 25.0 Å². The zero-order valence-corrected chi connectivity index (χ0v) is 19.5. The molecule has 3 aromatic rings. The van der Waals surface area contributed by atoms with Crippen LogP contribution in [0.3, 0.4) is 0 Å². The van der Waals surface area contributed by atoms with Gasteiger partial charge in [0.05, 0.1) is 6.54 Å². The Morgan fingerprint density at radius 2 is 1.64 bits per heavy atom. The highest BCUT2D eigenvalue weighted by Gasteiger charge is 2.21. The van der Waals surface area contributed by atoms with E-state index < -0.39 is 0 Å². The smallest absolute Gasteiger partial charge is 0.249 e. The molecule has 3 rings (SSSR count). The van der Waals surface area contributed by atoms with Crippen molar-refractivity contribution < 1.29 is 19.1 Å². The van der Waals surface area contributed by atoms with Crippen molar-refractivity contribution in [2.45, 2.75) is 19.4 Å². The maximum absolute atomic E-state index is 13.4.